The van der Waals surface area contributed by atoms with E-state index < -0.39 is 10.7 Å². The van der Waals surface area contributed by atoms with Crippen molar-refractivity contribution in [2.24, 2.45) is 7.05 Å². The fourth-order valence-electron chi connectivity index (χ4n) is 2.36. The highest BCUT2D eigenvalue weighted by molar-refractivity contribution is 7.99. The molecule has 0 bridgehead atoms. The van der Waals surface area contributed by atoms with Gasteiger partial charge in [0.25, 0.3) is 5.69 Å². The van der Waals surface area contributed by atoms with Gasteiger partial charge >= 0.3 is 0 Å². The summed E-state index contributed by atoms with van der Waals surface area (Å²) < 4.78 is 20.3. The van der Waals surface area contributed by atoms with E-state index in [0.717, 1.165) is 17.8 Å². The standard InChI is InChI=1S/C18H15ClFN5O4S/c1-24-16(9-29-15-6-5-11(20)7-14(15)19)22-23-18(24)30-10-17(26)21-12-3-2-4-13(8-12)25(27)28/h2-8H,9-10H2,1H3,(H,21,26). The van der Waals surface area contributed by atoms with E-state index in [1.807, 2.05) is 0 Å². The zero-order chi connectivity index (χ0) is 21.7. The van der Waals surface area contributed by atoms with E-state index in [4.69, 9.17) is 16.3 Å². The summed E-state index contributed by atoms with van der Waals surface area (Å²) in [5.41, 5.74) is 0.220. The predicted octanol–water partition coefficient (Wildman–Crippen LogP) is 3.83. The summed E-state index contributed by atoms with van der Waals surface area (Å²) in [6, 6.07) is 9.47. The number of non-ortho nitro benzene ring substituents is 1. The molecule has 3 aromatic rings. The lowest BCUT2D eigenvalue weighted by molar-refractivity contribution is -0.384. The maximum absolute atomic E-state index is 13.1. The first-order chi connectivity index (χ1) is 14.3. The van der Waals surface area contributed by atoms with Gasteiger partial charge in [-0.25, -0.2) is 4.39 Å². The van der Waals surface area contributed by atoms with E-state index in [2.05, 4.69) is 15.5 Å². The van der Waals surface area contributed by atoms with Gasteiger partial charge in [0.1, 0.15) is 18.2 Å². The van der Waals surface area contributed by atoms with Crippen LogP contribution >= 0.6 is 23.4 Å². The van der Waals surface area contributed by atoms with Gasteiger partial charge in [-0.3, -0.25) is 14.9 Å². The molecule has 0 aliphatic heterocycles. The summed E-state index contributed by atoms with van der Waals surface area (Å²) in [5.74, 6) is 0.00956. The molecular formula is C18H15ClFN5O4S. The summed E-state index contributed by atoms with van der Waals surface area (Å²) in [6.45, 7) is 0.0509. The molecule has 0 saturated carbocycles. The summed E-state index contributed by atoms with van der Waals surface area (Å²) >= 11 is 7.07. The molecule has 0 unspecified atom stereocenters. The van der Waals surface area contributed by atoms with Crippen molar-refractivity contribution >= 4 is 40.6 Å². The fraction of sp³-hybridized carbons (Fsp3) is 0.167. The zero-order valence-corrected chi connectivity index (χ0v) is 17.1. The van der Waals surface area contributed by atoms with Crippen LogP contribution in [0.2, 0.25) is 5.02 Å². The Hall–Kier alpha value is -3.18. The summed E-state index contributed by atoms with van der Waals surface area (Å²) in [6.07, 6.45) is 0. The van der Waals surface area contributed by atoms with Crippen LogP contribution in [0.15, 0.2) is 47.6 Å². The van der Waals surface area contributed by atoms with Gasteiger partial charge in [0.2, 0.25) is 5.91 Å². The minimum absolute atomic E-state index is 0.0271. The number of rotatable bonds is 8. The number of benzene rings is 2. The number of aromatic nitrogens is 3. The third-order valence-corrected chi connectivity index (χ3v) is 5.16. The van der Waals surface area contributed by atoms with Gasteiger partial charge in [-0.05, 0) is 24.3 Å². The van der Waals surface area contributed by atoms with Gasteiger partial charge in [-0.2, -0.15) is 0 Å². The first-order valence-electron chi connectivity index (χ1n) is 8.46. The summed E-state index contributed by atoms with van der Waals surface area (Å²) in [5, 5.41) is 22.1. The van der Waals surface area contributed by atoms with Crippen molar-refractivity contribution in [2.75, 3.05) is 11.1 Å². The van der Waals surface area contributed by atoms with Gasteiger partial charge in [0.05, 0.1) is 15.7 Å². The number of ether oxygens (including phenoxy) is 1. The van der Waals surface area contributed by atoms with Crippen molar-refractivity contribution in [3.63, 3.8) is 0 Å². The van der Waals surface area contributed by atoms with Gasteiger partial charge in [-0.1, -0.05) is 29.4 Å². The van der Waals surface area contributed by atoms with Gasteiger partial charge in [0.15, 0.2) is 11.0 Å². The third-order valence-electron chi connectivity index (χ3n) is 3.85. The van der Waals surface area contributed by atoms with Crippen molar-refractivity contribution in [3.8, 4) is 5.75 Å². The number of nitrogens with zero attached hydrogens (tertiary/aromatic N) is 4. The molecule has 9 nitrogen and oxygen atoms in total. The Morgan fingerprint density at radius 1 is 1.33 bits per heavy atom. The van der Waals surface area contributed by atoms with Gasteiger partial charge in [-0.15, -0.1) is 10.2 Å². The molecule has 0 saturated heterocycles. The fourth-order valence-corrected chi connectivity index (χ4v) is 3.31. The lowest BCUT2D eigenvalue weighted by Crippen LogP contribution is -2.14. The Morgan fingerprint density at radius 3 is 2.87 bits per heavy atom. The minimum Gasteiger partial charge on any atom is -0.484 e. The maximum Gasteiger partial charge on any atom is 0.271 e. The molecule has 0 aliphatic carbocycles. The van der Waals surface area contributed by atoms with E-state index >= 15 is 0 Å². The molecular weight excluding hydrogens is 437 g/mol. The van der Waals surface area contributed by atoms with Crippen molar-refractivity contribution < 1.29 is 18.8 Å². The quantitative estimate of drug-likeness (QED) is 0.314. The first-order valence-corrected chi connectivity index (χ1v) is 9.83. The lowest BCUT2D eigenvalue weighted by Gasteiger charge is -2.08. The smallest absolute Gasteiger partial charge is 0.271 e. The maximum atomic E-state index is 13.1. The van der Waals surface area contributed by atoms with Crippen molar-refractivity contribution in [1.29, 1.82) is 0 Å². The van der Waals surface area contributed by atoms with Crippen LogP contribution in [0.4, 0.5) is 15.8 Å². The van der Waals surface area contributed by atoms with Crippen molar-refractivity contribution in [1.82, 2.24) is 14.8 Å². The monoisotopic (exact) mass is 451 g/mol. The Kier molecular flexibility index (Phi) is 6.85. The van der Waals surface area contributed by atoms with Crippen molar-refractivity contribution in [3.05, 3.63) is 69.2 Å². The molecule has 2 aromatic carbocycles. The number of anilines is 1. The number of carbonyl (C=O) groups is 1. The highest BCUT2D eigenvalue weighted by Crippen LogP contribution is 2.26. The van der Waals surface area contributed by atoms with E-state index in [1.54, 1.807) is 17.7 Å². The van der Waals surface area contributed by atoms with E-state index in [1.165, 1.54) is 30.3 Å². The molecule has 0 fully saturated rings. The number of nitrogens with one attached hydrogen (secondary N) is 1. The molecule has 1 N–H and O–H groups in total. The zero-order valence-electron chi connectivity index (χ0n) is 15.5. The van der Waals surface area contributed by atoms with E-state index in [9.17, 15) is 19.3 Å². The van der Waals surface area contributed by atoms with Gasteiger partial charge < -0.3 is 14.6 Å². The van der Waals surface area contributed by atoms with Crippen LogP contribution in [0, 0.1) is 15.9 Å². The number of nitro groups is 1. The number of hydrogen-bond acceptors (Lipinski definition) is 7. The molecule has 0 spiro atoms. The Bertz CT molecular complexity index is 1090. The summed E-state index contributed by atoms with van der Waals surface area (Å²) in [4.78, 5) is 22.4. The first kappa shape index (κ1) is 21.5. The molecule has 156 valence electrons. The molecule has 0 atom stereocenters. The summed E-state index contributed by atoms with van der Waals surface area (Å²) in [7, 11) is 1.71. The average molecular weight is 452 g/mol. The van der Waals surface area contributed by atoms with Crippen LogP contribution in [0.5, 0.6) is 5.75 Å². The van der Waals surface area contributed by atoms with Crippen LogP contribution in [0.25, 0.3) is 0 Å². The molecule has 30 heavy (non-hydrogen) atoms. The third kappa shape index (κ3) is 5.45. The topological polar surface area (TPSA) is 112 Å². The molecule has 1 heterocycles. The molecule has 3 rings (SSSR count). The van der Waals surface area contributed by atoms with Crippen LogP contribution in [-0.4, -0.2) is 31.3 Å². The number of hydrogen-bond donors (Lipinski definition) is 1. The largest absolute Gasteiger partial charge is 0.484 e. The van der Waals surface area contributed by atoms with Crippen molar-refractivity contribution in [2.45, 2.75) is 11.8 Å². The normalized spacial score (nSPS) is 10.6. The number of nitro benzene ring substituents is 1. The number of amides is 1. The molecule has 1 amide bonds. The predicted molar refractivity (Wildman–Crippen MR) is 109 cm³/mol. The minimum atomic E-state index is -0.535. The highest BCUT2D eigenvalue weighted by atomic mass is 35.5. The van der Waals surface area contributed by atoms with Gasteiger partial charge in [0, 0.05) is 24.9 Å². The number of halogens is 2. The van der Waals surface area contributed by atoms with Crippen LogP contribution in [-0.2, 0) is 18.4 Å². The number of carbonyl (C=O) groups excluding carboxylic acids is 1. The van der Waals surface area contributed by atoms with Crippen LogP contribution in [0.1, 0.15) is 5.82 Å². The van der Waals surface area contributed by atoms with E-state index in [0.29, 0.717) is 22.4 Å². The second kappa shape index (κ2) is 9.55. The molecule has 0 aliphatic rings. The Balaban J connectivity index is 1.55. The molecule has 1 aromatic heterocycles. The van der Waals surface area contributed by atoms with E-state index in [-0.39, 0.29) is 29.0 Å². The highest BCUT2D eigenvalue weighted by Gasteiger charge is 2.14. The Labute approximate surface area is 179 Å². The second-order valence-corrected chi connectivity index (χ2v) is 7.32. The molecule has 0 radical (unpaired) electrons. The molecule has 12 heteroatoms. The second-order valence-electron chi connectivity index (χ2n) is 5.97. The Morgan fingerprint density at radius 2 is 2.13 bits per heavy atom. The van der Waals surface area contributed by atoms with Crippen LogP contribution < -0.4 is 10.1 Å². The lowest BCUT2D eigenvalue weighted by atomic mass is 10.3. The SMILES string of the molecule is Cn1c(COc2ccc(F)cc2Cl)nnc1SCC(=O)Nc1cccc([N+](=O)[O-])c1. The van der Waals surface area contributed by atoms with Crippen LogP contribution in [0.3, 0.4) is 0 Å². The average Bonchev–Trinajstić information content (AvgIpc) is 3.05. The number of thioether (sulfide) groups is 1.